The minimum atomic E-state index is -1.04. The Bertz CT molecular complexity index is 1050. The number of nitrogens with one attached hydrogen (secondary N) is 1. The highest BCUT2D eigenvalue weighted by Gasteiger charge is 2.34. The maximum absolute atomic E-state index is 13.2. The van der Waals surface area contributed by atoms with Crippen LogP contribution < -0.4 is 10.1 Å². The van der Waals surface area contributed by atoms with Crippen molar-refractivity contribution in [1.82, 2.24) is 25.0 Å². The molecule has 1 amide bonds. The number of carbonyl (C=O) groups is 2. The lowest BCUT2D eigenvalue weighted by molar-refractivity contribution is -0.142. The Labute approximate surface area is 172 Å². The van der Waals surface area contributed by atoms with Crippen LogP contribution in [0.25, 0.3) is 16.9 Å². The fourth-order valence-corrected chi connectivity index (χ4v) is 3.43. The van der Waals surface area contributed by atoms with E-state index < -0.39 is 17.9 Å². The number of pyridine rings is 1. The topological polar surface area (TPSA) is 110 Å². The molecule has 30 heavy (non-hydrogen) atoms. The third kappa shape index (κ3) is 3.74. The van der Waals surface area contributed by atoms with Gasteiger partial charge in [0.1, 0.15) is 6.04 Å². The van der Waals surface area contributed by atoms with Crippen molar-refractivity contribution in [2.75, 3.05) is 26.7 Å². The average Bonchev–Trinajstić information content (AvgIpc) is 3.24. The zero-order valence-corrected chi connectivity index (χ0v) is 16.4. The van der Waals surface area contributed by atoms with Crippen LogP contribution in [0.15, 0.2) is 54.7 Å². The standard InChI is InChI=1S/C21H21N5O4/c1-30-19-8-7-15(12-23-19)26-17(14-5-3-2-4-6-14)11-16(24-26)20(27)25-10-9-22-13-18(25)21(28)29/h2-8,11-12,18,22H,9-10,13H2,1H3,(H,28,29). The molecule has 0 spiro atoms. The second-order valence-corrected chi connectivity index (χ2v) is 6.81. The number of rotatable bonds is 5. The Morgan fingerprint density at radius 2 is 2.00 bits per heavy atom. The number of carbonyl (C=O) groups excluding carboxylic acids is 1. The van der Waals surface area contributed by atoms with Crippen molar-refractivity contribution in [3.05, 3.63) is 60.4 Å². The smallest absolute Gasteiger partial charge is 0.327 e. The summed E-state index contributed by atoms with van der Waals surface area (Å²) in [5, 5.41) is 17.0. The monoisotopic (exact) mass is 407 g/mol. The molecule has 3 aromatic rings. The fraction of sp³-hybridized carbons (Fsp3) is 0.238. The first-order chi connectivity index (χ1) is 14.6. The van der Waals surface area contributed by atoms with Gasteiger partial charge < -0.3 is 20.1 Å². The van der Waals surface area contributed by atoms with E-state index in [1.54, 1.807) is 29.1 Å². The largest absolute Gasteiger partial charge is 0.481 e. The van der Waals surface area contributed by atoms with Crippen LogP contribution in [0, 0.1) is 0 Å². The van der Waals surface area contributed by atoms with Crippen molar-refractivity contribution in [3.8, 4) is 22.8 Å². The number of benzene rings is 1. The molecule has 1 saturated heterocycles. The number of amides is 1. The lowest BCUT2D eigenvalue weighted by Gasteiger charge is -2.32. The number of carboxylic acid groups (broad SMARTS) is 1. The molecule has 9 heteroatoms. The van der Waals surface area contributed by atoms with Crippen LogP contribution >= 0.6 is 0 Å². The highest BCUT2D eigenvalue weighted by Crippen LogP contribution is 2.25. The summed E-state index contributed by atoms with van der Waals surface area (Å²) in [4.78, 5) is 30.3. The summed E-state index contributed by atoms with van der Waals surface area (Å²) in [5.74, 6) is -0.993. The summed E-state index contributed by atoms with van der Waals surface area (Å²) < 4.78 is 6.75. The number of carboxylic acids is 1. The SMILES string of the molecule is COc1ccc(-n2nc(C(=O)N3CCNCC3C(=O)O)cc2-c2ccccc2)cn1. The predicted molar refractivity (Wildman–Crippen MR) is 109 cm³/mol. The molecule has 1 unspecified atom stereocenters. The van der Waals surface area contributed by atoms with Gasteiger partial charge in [-0.25, -0.2) is 14.5 Å². The Morgan fingerprint density at radius 3 is 2.67 bits per heavy atom. The lowest BCUT2D eigenvalue weighted by atomic mass is 10.1. The molecule has 2 N–H and O–H groups in total. The van der Waals surface area contributed by atoms with Gasteiger partial charge in [0.2, 0.25) is 5.88 Å². The third-order valence-corrected chi connectivity index (χ3v) is 4.96. The van der Waals surface area contributed by atoms with E-state index in [4.69, 9.17) is 4.74 Å². The van der Waals surface area contributed by atoms with E-state index in [2.05, 4.69) is 15.4 Å². The van der Waals surface area contributed by atoms with E-state index in [1.165, 1.54) is 12.0 Å². The van der Waals surface area contributed by atoms with Crippen LogP contribution in [-0.4, -0.2) is 69.4 Å². The summed E-state index contributed by atoms with van der Waals surface area (Å²) in [5.41, 5.74) is 2.41. The van der Waals surface area contributed by atoms with Gasteiger partial charge in [-0.1, -0.05) is 30.3 Å². The molecule has 154 valence electrons. The Hall–Kier alpha value is -3.72. The number of hydrogen-bond donors (Lipinski definition) is 2. The van der Waals surface area contributed by atoms with Gasteiger partial charge in [-0.3, -0.25) is 4.79 Å². The number of aliphatic carboxylic acids is 1. The second-order valence-electron chi connectivity index (χ2n) is 6.81. The number of aromatic nitrogens is 3. The normalized spacial score (nSPS) is 16.3. The first-order valence-electron chi connectivity index (χ1n) is 9.49. The van der Waals surface area contributed by atoms with Gasteiger partial charge in [-0.05, 0) is 12.1 Å². The molecule has 2 aromatic heterocycles. The molecular weight excluding hydrogens is 386 g/mol. The molecule has 0 bridgehead atoms. The van der Waals surface area contributed by atoms with Crippen LogP contribution in [0.1, 0.15) is 10.5 Å². The summed E-state index contributed by atoms with van der Waals surface area (Å²) in [6, 6.07) is 13.8. The van der Waals surface area contributed by atoms with Crippen molar-refractivity contribution in [2.24, 2.45) is 0 Å². The molecule has 4 rings (SSSR count). The van der Waals surface area contributed by atoms with Crippen molar-refractivity contribution in [2.45, 2.75) is 6.04 Å². The van der Waals surface area contributed by atoms with Crippen LogP contribution in [0.4, 0.5) is 0 Å². The van der Waals surface area contributed by atoms with Crippen molar-refractivity contribution < 1.29 is 19.4 Å². The maximum Gasteiger partial charge on any atom is 0.327 e. The Morgan fingerprint density at radius 1 is 1.20 bits per heavy atom. The van der Waals surface area contributed by atoms with Gasteiger partial charge in [0, 0.05) is 31.3 Å². The van der Waals surface area contributed by atoms with E-state index >= 15 is 0 Å². The zero-order chi connectivity index (χ0) is 21.1. The number of ether oxygens (including phenoxy) is 1. The molecule has 0 saturated carbocycles. The van der Waals surface area contributed by atoms with Crippen LogP contribution in [0.3, 0.4) is 0 Å². The minimum Gasteiger partial charge on any atom is -0.481 e. The molecule has 0 aliphatic carbocycles. The molecule has 1 aliphatic rings. The molecule has 1 atom stereocenters. The summed E-state index contributed by atoms with van der Waals surface area (Å²) in [7, 11) is 1.54. The third-order valence-electron chi connectivity index (χ3n) is 4.96. The van der Waals surface area contributed by atoms with Crippen LogP contribution in [-0.2, 0) is 4.79 Å². The van der Waals surface area contributed by atoms with E-state index in [1.807, 2.05) is 30.3 Å². The minimum absolute atomic E-state index is 0.179. The Kier molecular flexibility index (Phi) is 5.44. The first-order valence-corrected chi connectivity index (χ1v) is 9.49. The Balaban J connectivity index is 1.76. The van der Waals surface area contributed by atoms with E-state index in [0.717, 1.165) is 5.56 Å². The lowest BCUT2D eigenvalue weighted by Crippen LogP contribution is -2.57. The van der Waals surface area contributed by atoms with Gasteiger partial charge in [-0.2, -0.15) is 5.10 Å². The first kappa shape index (κ1) is 19.6. The van der Waals surface area contributed by atoms with E-state index in [-0.39, 0.29) is 12.2 Å². The molecular formula is C21H21N5O4. The molecule has 1 fully saturated rings. The van der Waals surface area contributed by atoms with Crippen molar-refractivity contribution in [1.29, 1.82) is 0 Å². The van der Waals surface area contributed by atoms with Crippen molar-refractivity contribution >= 4 is 11.9 Å². The number of methoxy groups -OCH3 is 1. The number of hydrogen-bond acceptors (Lipinski definition) is 6. The van der Waals surface area contributed by atoms with Gasteiger partial charge in [0.25, 0.3) is 5.91 Å². The summed E-state index contributed by atoms with van der Waals surface area (Å²) >= 11 is 0. The van der Waals surface area contributed by atoms with Crippen molar-refractivity contribution in [3.63, 3.8) is 0 Å². The highest BCUT2D eigenvalue weighted by molar-refractivity contribution is 5.96. The van der Waals surface area contributed by atoms with Gasteiger partial charge in [0.15, 0.2) is 5.69 Å². The number of piperazine rings is 1. The van der Waals surface area contributed by atoms with E-state index in [0.29, 0.717) is 30.4 Å². The molecule has 1 aromatic carbocycles. The molecule has 1 aliphatic heterocycles. The summed E-state index contributed by atoms with van der Waals surface area (Å²) in [6.07, 6.45) is 1.61. The number of nitrogens with zero attached hydrogens (tertiary/aromatic N) is 4. The highest BCUT2D eigenvalue weighted by atomic mass is 16.5. The molecule has 3 heterocycles. The van der Waals surface area contributed by atoms with Gasteiger partial charge in [-0.15, -0.1) is 0 Å². The molecule has 0 radical (unpaired) electrons. The van der Waals surface area contributed by atoms with Crippen LogP contribution in [0.5, 0.6) is 5.88 Å². The zero-order valence-electron chi connectivity index (χ0n) is 16.4. The fourth-order valence-electron chi connectivity index (χ4n) is 3.43. The van der Waals surface area contributed by atoms with E-state index in [9.17, 15) is 14.7 Å². The quantitative estimate of drug-likeness (QED) is 0.659. The van der Waals surface area contributed by atoms with Crippen LogP contribution in [0.2, 0.25) is 0 Å². The van der Waals surface area contributed by atoms with Gasteiger partial charge in [0.05, 0.1) is 24.7 Å². The van der Waals surface area contributed by atoms with Gasteiger partial charge >= 0.3 is 5.97 Å². The molecule has 9 nitrogen and oxygen atoms in total. The summed E-state index contributed by atoms with van der Waals surface area (Å²) in [6.45, 7) is 1.04. The maximum atomic E-state index is 13.2. The second kappa shape index (κ2) is 8.34. The predicted octanol–water partition coefficient (Wildman–Crippen LogP) is 1.44. The average molecular weight is 407 g/mol.